The minimum atomic E-state index is 0.378. The van der Waals surface area contributed by atoms with Gasteiger partial charge < -0.3 is 10.2 Å². The molecule has 1 aliphatic heterocycles. The summed E-state index contributed by atoms with van der Waals surface area (Å²) in [5.74, 6) is 0. The molecule has 0 spiro atoms. The fourth-order valence-electron chi connectivity index (χ4n) is 2.88. The van der Waals surface area contributed by atoms with Crippen molar-refractivity contribution in [3.05, 3.63) is 28.2 Å². The first kappa shape index (κ1) is 15.8. The van der Waals surface area contributed by atoms with E-state index in [0.29, 0.717) is 11.5 Å². The van der Waals surface area contributed by atoms with Gasteiger partial charge in [0.05, 0.1) is 0 Å². The first-order chi connectivity index (χ1) is 9.49. The van der Waals surface area contributed by atoms with Gasteiger partial charge in [-0.2, -0.15) is 0 Å². The minimum absolute atomic E-state index is 0.378. The Labute approximate surface area is 132 Å². The Morgan fingerprint density at radius 2 is 2.00 bits per heavy atom. The lowest BCUT2D eigenvalue weighted by Gasteiger charge is -2.40. The standard InChI is InChI=1S/C17H27BrN2/c1-5-17(3)8-10-20(11-9-17)14-6-7-15(13(2)19-4)16(18)12-14/h6-7,12-13,19H,5,8-11H2,1-4H3. The normalized spacial score (nSPS) is 19.9. The largest absolute Gasteiger partial charge is 0.371 e. The number of hydrogen-bond acceptors (Lipinski definition) is 2. The van der Waals surface area contributed by atoms with Gasteiger partial charge in [-0.15, -0.1) is 0 Å². The van der Waals surface area contributed by atoms with Crippen molar-refractivity contribution in [3.8, 4) is 0 Å². The van der Waals surface area contributed by atoms with Crippen LogP contribution >= 0.6 is 15.9 Å². The van der Waals surface area contributed by atoms with E-state index in [1.165, 1.54) is 48.1 Å². The molecule has 0 radical (unpaired) electrons. The molecule has 1 atom stereocenters. The Hall–Kier alpha value is -0.540. The van der Waals surface area contributed by atoms with Crippen LogP contribution in [0.4, 0.5) is 5.69 Å². The van der Waals surface area contributed by atoms with Gasteiger partial charge in [0.1, 0.15) is 0 Å². The van der Waals surface area contributed by atoms with Gasteiger partial charge in [-0.25, -0.2) is 0 Å². The second-order valence-electron chi connectivity index (χ2n) is 6.37. The SMILES string of the molecule is CCC1(C)CCN(c2ccc(C(C)NC)c(Br)c2)CC1. The molecule has 1 aliphatic rings. The molecule has 0 bridgehead atoms. The summed E-state index contributed by atoms with van der Waals surface area (Å²) in [6, 6.07) is 7.16. The average molecular weight is 339 g/mol. The molecule has 1 fully saturated rings. The highest BCUT2D eigenvalue weighted by Crippen LogP contribution is 2.36. The quantitative estimate of drug-likeness (QED) is 0.852. The van der Waals surface area contributed by atoms with Gasteiger partial charge in [0.15, 0.2) is 0 Å². The predicted molar refractivity (Wildman–Crippen MR) is 91.5 cm³/mol. The zero-order valence-electron chi connectivity index (χ0n) is 13.2. The smallest absolute Gasteiger partial charge is 0.0377 e. The number of halogens is 1. The fourth-order valence-corrected chi connectivity index (χ4v) is 3.59. The Kier molecular flexibility index (Phi) is 5.14. The van der Waals surface area contributed by atoms with Crippen molar-refractivity contribution in [2.75, 3.05) is 25.0 Å². The van der Waals surface area contributed by atoms with Crippen LogP contribution < -0.4 is 10.2 Å². The third kappa shape index (κ3) is 3.37. The van der Waals surface area contributed by atoms with Crippen LogP contribution in [0.15, 0.2) is 22.7 Å². The Bertz CT molecular complexity index is 450. The molecule has 0 amide bonds. The van der Waals surface area contributed by atoms with E-state index in [0.717, 1.165) is 0 Å². The van der Waals surface area contributed by atoms with Crippen LogP contribution in [-0.2, 0) is 0 Å². The highest BCUT2D eigenvalue weighted by Gasteiger charge is 2.28. The van der Waals surface area contributed by atoms with Crippen LogP contribution in [0.25, 0.3) is 0 Å². The Morgan fingerprint density at radius 1 is 1.35 bits per heavy atom. The Balaban J connectivity index is 2.10. The maximum Gasteiger partial charge on any atom is 0.0377 e. The van der Waals surface area contributed by atoms with Gasteiger partial charge in [-0.3, -0.25) is 0 Å². The summed E-state index contributed by atoms with van der Waals surface area (Å²) >= 11 is 3.72. The summed E-state index contributed by atoms with van der Waals surface area (Å²) in [7, 11) is 2.00. The molecule has 20 heavy (non-hydrogen) atoms. The van der Waals surface area contributed by atoms with Gasteiger partial charge in [0.2, 0.25) is 0 Å². The molecule has 2 nitrogen and oxygen atoms in total. The predicted octanol–water partition coefficient (Wildman–Crippen LogP) is 4.75. The van der Waals surface area contributed by atoms with Crippen LogP contribution in [0, 0.1) is 5.41 Å². The van der Waals surface area contributed by atoms with Crippen molar-refractivity contribution >= 4 is 21.6 Å². The van der Waals surface area contributed by atoms with E-state index in [-0.39, 0.29) is 0 Å². The molecule has 1 saturated heterocycles. The number of benzene rings is 1. The maximum atomic E-state index is 3.72. The van der Waals surface area contributed by atoms with E-state index < -0.39 is 0 Å². The molecule has 1 aromatic rings. The van der Waals surface area contributed by atoms with E-state index in [1.54, 1.807) is 0 Å². The molecule has 0 aromatic heterocycles. The molecule has 1 heterocycles. The molecule has 112 valence electrons. The number of anilines is 1. The second kappa shape index (κ2) is 6.48. The zero-order valence-corrected chi connectivity index (χ0v) is 14.8. The molecule has 1 unspecified atom stereocenters. The molecule has 1 N–H and O–H groups in total. The summed E-state index contributed by atoms with van der Waals surface area (Å²) in [5, 5.41) is 3.30. The lowest BCUT2D eigenvalue weighted by Crippen LogP contribution is -2.38. The lowest BCUT2D eigenvalue weighted by molar-refractivity contribution is 0.238. The lowest BCUT2D eigenvalue weighted by atomic mass is 9.78. The topological polar surface area (TPSA) is 15.3 Å². The second-order valence-corrected chi connectivity index (χ2v) is 7.22. The monoisotopic (exact) mass is 338 g/mol. The number of nitrogens with one attached hydrogen (secondary N) is 1. The minimum Gasteiger partial charge on any atom is -0.371 e. The van der Waals surface area contributed by atoms with Gasteiger partial charge in [0, 0.05) is 29.3 Å². The van der Waals surface area contributed by atoms with Crippen LogP contribution in [0.1, 0.15) is 51.6 Å². The summed E-state index contributed by atoms with van der Waals surface area (Å²) in [5.41, 5.74) is 3.22. The van der Waals surface area contributed by atoms with Crippen LogP contribution in [-0.4, -0.2) is 20.1 Å². The van der Waals surface area contributed by atoms with Crippen LogP contribution in [0.2, 0.25) is 0 Å². The summed E-state index contributed by atoms with van der Waals surface area (Å²) in [4.78, 5) is 2.52. The van der Waals surface area contributed by atoms with Crippen molar-refractivity contribution < 1.29 is 0 Å². The molecule has 2 rings (SSSR count). The Morgan fingerprint density at radius 3 is 2.50 bits per heavy atom. The molecule has 3 heteroatoms. The number of nitrogens with zero attached hydrogens (tertiary/aromatic N) is 1. The van der Waals surface area contributed by atoms with Crippen molar-refractivity contribution in [2.24, 2.45) is 5.41 Å². The molecule has 0 saturated carbocycles. The number of rotatable bonds is 4. The fraction of sp³-hybridized carbons (Fsp3) is 0.647. The zero-order chi connectivity index (χ0) is 14.8. The van der Waals surface area contributed by atoms with E-state index in [9.17, 15) is 0 Å². The van der Waals surface area contributed by atoms with E-state index in [2.05, 4.69) is 65.1 Å². The molecule has 0 aliphatic carbocycles. The summed E-state index contributed by atoms with van der Waals surface area (Å²) in [6.07, 6.45) is 3.90. The number of piperidine rings is 1. The van der Waals surface area contributed by atoms with Gasteiger partial charge >= 0.3 is 0 Å². The van der Waals surface area contributed by atoms with Crippen LogP contribution in [0.3, 0.4) is 0 Å². The van der Waals surface area contributed by atoms with Crippen LogP contribution in [0.5, 0.6) is 0 Å². The third-order valence-corrected chi connectivity index (χ3v) is 5.76. The highest BCUT2D eigenvalue weighted by atomic mass is 79.9. The van der Waals surface area contributed by atoms with E-state index in [1.807, 2.05) is 7.05 Å². The summed E-state index contributed by atoms with van der Waals surface area (Å²) < 4.78 is 1.21. The van der Waals surface area contributed by atoms with E-state index >= 15 is 0 Å². The van der Waals surface area contributed by atoms with Gasteiger partial charge in [0.25, 0.3) is 0 Å². The summed E-state index contributed by atoms with van der Waals surface area (Å²) in [6.45, 7) is 9.29. The van der Waals surface area contributed by atoms with Crippen molar-refractivity contribution in [1.82, 2.24) is 5.32 Å². The average Bonchev–Trinajstić information content (AvgIpc) is 2.47. The van der Waals surface area contributed by atoms with Gasteiger partial charge in [-0.05, 0) is 49.9 Å². The van der Waals surface area contributed by atoms with Crippen molar-refractivity contribution in [3.63, 3.8) is 0 Å². The van der Waals surface area contributed by atoms with Gasteiger partial charge in [-0.1, -0.05) is 42.3 Å². The molecule has 1 aromatic carbocycles. The molecular weight excluding hydrogens is 312 g/mol. The van der Waals surface area contributed by atoms with Crippen molar-refractivity contribution in [1.29, 1.82) is 0 Å². The highest BCUT2D eigenvalue weighted by molar-refractivity contribution is 9.10. The van der Waals surface area contributed by atoms with Crippen molar-refractivity contribution in [2.45, 2.75) is 46.1 Å². The first-order valence-electron chi connectivity index (χ1n) is 7.71. The number of hydrogen-bond donors (Lipinski definition) is 1. The van der Waals surface area contributed by atoms with E-state index in [4.69, 9.17) is 0 Å². The third-order valence-electron chi connectivity index (χ3n) is 5.07. The molecular formula is C17H27BrN2. The first-order valence-corrected chi connectivity index (χ1v) is 8.50. The maximum absolute atomic E-state index is 3.72.